The van der Waals surface area contributed by atoms with Crippen molar-refractivity contribution in [3.63, 3.8) is 0 Å². The van der Waals surface area contributed by atoms with Crippen LogP contribution < -0.4 is 16.6 Å². The van der Waals surface area contributed by atoms with Gasteiger partial charge in [-0.1, -0.05) is 6.92 Å². The lowest BCUT2D eigenvalue weighted by Gasteiger charge is -2.14. The number of anilines is 1. The first-order valence-corrected chi connectivity index (χ1v) is 6.70. The summed E-state index contributed by atoms with van der Waals surface area (Å²) >= 11 is 1.70. The van der Waals surface area contributed by atoms with Gasteiger partial charge in [0.1, 0.15) is 0 Å². The third-order valence-corrected chi connectivity index (χ3v) is 2.98. The largest absolute Gasteiger partial charge is 0.347 e. The number of nitrogens with zero attached hydrogens (tertiary/aromatic N) is 2. The number of nitrogen functional groups attached to an aromatic ring is 1. The fourth-order valence-electron chi connectivity index (χ4n) is 1.25. The minimum Gasteiger partial charge on any atom is -0.347 e. The van der Waals surface area contributed by atoms with E-state index in [4.69, 9.17) is 5.84 Å². The smallest absolute Gasteiger partial charge is 0.272 e. The van der Waals surface area contributed by atoms with Crippen LogP contribution in [-0.4, -0.2) is 34.2 Å². The van der Waals surface area contributed by atoms with E-state index >= 15 is 0 Å². The molecule has 1 atom stereocenters. The summed E-state index contributed by atoms with van der Waals surface area (Å²) in [6.07, 6.45) is 2.90. The van der Waals surface area contributed by atoms with Crippen LogP contribution in [-0.2, 0) is 0 Å². The number of thioether (sulfide) groups is 1. The van der Waals surface area contributed by atoms with Crippen molar-refractivity contribution < 1.29 is 4.79 Å². The van der Waals surface area contributed by atoms with E-state index in [1.807, 2.05) is 13.2 Å². The molecule has 17 heavy (non-hydrogen) atoms. The minimum atomic E-state index is -0.207. The highest BCUT2D eigenvalue weighted by atomic mass is 32.2. The van der Waals surface area contributed by atoms with E-state index in [0.29, 0.717) is 11.5 Å². The molecule has 1 heterocycles. The summed E-state index contributed by atoms with van der Waals surface area (Å²) < 4.78 is 0. The molecule has 0 aromatic carbocycles. The lowest BCUT2D eigenvalue weighted by molar-refractivity contribution is 0.0934. The Bertz CT molecular complexity index is 356. The van der Waals surface area contributed by atoms with Crippen molar-refractivity contribution in [3.05, 3.63) is 17.8 Å². The van der Waals surface area contributed by atoms with E-state index in [-0.39, 0.29) is 11.9 Å². The Morgan fingerprint density at radius 3 is 2.76 bits per heavy atom. The number of nitrogens with two attached hydrogens (primary N) is 1. The maximum absolute atomic E-state index is 11.8. The number of hydrogen-bond donors (Lipinski definition) is 3. The van der Waals surface area contributed by atoms with Gasteiger partial charge in [-0.05, 0) is 24.8 Å². The Morgan fingerprint density at radius 1 is 1.53 bits per heavy atom. The molecule has 1 aromatic rings. The normalized spacial score (nSPS) is 11.9. The molecule has 0 saturated heterocycles. The number of amides is 1. The van der Waals surface area contributed by atoms with Gasteiger partial charge in [0, 0.05) is 11.8 Å². The number of carbonyl (C=O) groups excluding carboxylic acids is 1. The Labute approximate surface area is 105 Å². The quantitative estimate of drug-likeness (QED) is 0.510. The minimum absolute atomic E-state index is 0.159. The third kappa shape index (κ3) is 4.20. The molecule has 0 aliphatic heterocycles. The molecule has 0 saturated carbocycles. The van der Waals surface area contributed by atoms with Crippen LogP contribution in [0.5, 0.6) is 0 Å². The second-order valence-corrected chi connectivity index (χ2v) is 4.39. The Balaban J connectivity index is 2.62. The van der Waals surface area contributed by atoms with Crippen LogP contribution in [0, 0.1) is 0 Å². The van der Waals surface area contributed by atoms with Crippen molar-refractivity contribution in [3.8, 4) is 0 Å². The Morgan fingerprint density at radius 2 is 2.29 bits per heavy atom. The molecule has 0 fully saturated rings. The van der Waals surface area contributed by atoms with Crippen LogP contribution in [0.3, 0.4) is 0 Å². The summed E-state index contributed by atoms with van der Waals surface area (Å²) in [5, 5.41) is 10.4. The van der Waals surface area contributed by atoms with E-state index in [1.165, 1.54) is 0 Å². The van der Waals surface area contributed by atoms with E-state index < -0.39 is 0 Å². The number of hydrazine groups is 1. The fraction of sp³-hybridized carbons (Fsp3) is 0.500. The first-order valence-electron chi connectivity index (χ1n) is 5.31. The van der Waals surface area contributed by atoms with E-state index in [2.05, 4.69) is 20.9 Å². The standard InChI is InChI=1S/C10H17N5OS/c1-3-7(6-17-2)12-10(16)8-4-5-9(13-11)15-14-8/h4-5,7H,3,6,11H2,1-2H3,(H,12,16)(H,13,15). The molecule has 0 aliphatic carbocycles. The van der Waals surface area contributed by atoms with Gasteiger partial charge in [0.05, 0.1) is 0 Å². The maximum Gasteiger partial charge on any atom is 0.272 e. The van der Waals surface area contributed by atoms with Crippen LogP contribution in [0.1, 0.15) is 23.8 Å². The molecule has 7 heteroatoms. The average Bonchev–Trinajstić information content (AvgIpc) is 2.38. The second-order valence-electron chi connectivity index (χ2n) is 3.48. The van der Waals surface area contributed by atoms with Gasteiger partial charge in [-0.2, -0.15) is 11.8 Å². The molecular weight excluding hydrogens is 238 g/mol. The highest BCUT2D eigenvalue weighted by Gasteiger charge is 2.13. The SMILES string of the molecule is CCC(CSC)NC(=O)c1ccc(NN)nn1. The monoisotopic (exact) mass is 255 g/mol. The van der Waals surface area contributed by atoms with Crippen LogP contribution in [0.2, 0.25) is 0 Å². The number of nitrogens with one attached hydrogen (secondary N) is 2. The zero-order valence-electron chi connectivity index (χ0n) is 9.93. The lowest BCUT2D eigenvalue weighted by atomic mass is 10.2. The summed E-state index contributed by atoms with van der Waals surface area (Å²) in [5.41, 5.74) is 2.65. The Hall–Kier alpha value is -1.34. The zero-order valence-corrected chi connectivity index (χ0v) is 10.8. The molecule has 0 spiro atoms. The van der Waals surface area contributed by atoms with E-state index in [9.17, 15) is 4.79 Å². The van der Waals surface area contributed by atoms with Crippen LogP contribution in [0.15, 0.2) is 12.1 Å². The summed E-state index contributed by atoms with van der Waals surface area (Å²) in [6, 6.07) is 3.35. The lowest BCUT2D eigenvalue weighted by Crippen LogP contribution is -2.36. The Kier molecular flexibility index (Phi) is 5.71. The van der Waals surface area contributed by atoms with Crippen LogP contribution in [0.4, 0.5) is 5.82 Å². The number of hydrogen-bond acceptors (Lipinski definition) is 6. The average molecular weight is 255 g/mol. The van der Waals surface area contributed by atoms with Crippen molar-refractivity contribution in [1.82, 2.24) is 15.5 Å². The van der Waals surface area contributed by atoms with Crippen molar-refractivity contribution in [2.45, 2.75) is 19.4 Å². The molecule has 1 amide bonds. The van der Waals surface area contributed by atoms with Crippen molar-refractivity contribution >= 4 is 23.5 Å². The predicted octanol–water partition coefficient (Wildman–Crippen LogP) is 0.634. The molecule has 94 valence electrons. The summed E-state index contributed by atoms with van der Waals surface area (Å²) in [4.78, 5) is 11.8. The summed E-state index contributed by atoms with van der Waals surface area (Å²) in [7, 11) is 0. The van der Waals surface area contributed by atoms with Crippen molar-refractivity contribution in [1.29, 1.82) is 0 Å². The van der Waals surface area contributed by atoms with Gasteiger partial charge in [-0.3, -0.25) is 4.79 Å². The molecule has 4 N–H and O–H groups in total. The maximum atomic E-state index is 11.8. The van der Waals surface area contributed by atoms with Gasteiger partial charge in [0.15, 0.2) is 11.5 Å². The molecule has 0 radical (unpaired) electrons. The number of rotatable bonds is 6. The van der Waals surface area contributed by atoms with Crippen molar-refractivity contribution in [2.75, 3.05) is 17.4 Å². The molecule has 0 aliphatic rings. The molecule has 6 nitrogen and oxygen atoms in total. The summed E-state index contributed by atoms with van der Waals surface area (Å²) in [5.74, 6) is 6.27. The van der Waals surface area contributed by atoms with Crippen molar-refractivity contribution in [2.24, 2.45) is 5.84 Å². The predicted molar refractivity (Wildman–Crippen MR) is 69.8 cm³/mol. The second kappa shape index (κ2) is 7.08. The first kappa shape index (κ1) is 13.7. The fourth-order valence-corrected chi connectivity index (χ4v) is 1.97. The highest BCUT2D eigenvalue weighted by Crippen LogP contribution is 2.04. The molecular formula is C10H17N5OS. The molecule has 1 aromatic heterocycles. The van der Waals surface area contributed by atoms with Gasteiger partial charge < -0.3 is 10.7 Å². The molecule has 1 rings (SSSR count). The van der Waals surface area contributed by atoms with Gasteiger partial charge in [0.2, 0.25) is 0 Å². The summed E-state index contributed by atoms with van der Waals surface area (Å²) in [6.45, 7) is 2.04. The first-order chi connectivity index (χ1) is 8.21. The van der Waals surface area contributed by atoms with Gasteiger partial charge in [-0.15, -0.1) is 10.2 Å². The van der Waals surface area contributed by atoms with Crippen LogP contribution >= 0.6 is 11.8 Å². The van der Waals surface area contributed by atoms with Gasteiger partial charge in [-0.25, -0.2) is 5.84 Å². The molecule has 1 unspecified atom stereocenters. The van der Waals surface area contributed by atoms with Gasteiger partial charge in [0.25, 0.3) is 5.91 Å². The topological polar surface area (TPSA) is 92.9 Å². The third-order valence-electron chi connectivity index (χ3n) is 2.24. The van der Waals surface area contributed by atoms with E-state index in [1.54, 1.807) is 23.9 Å². The number of carbonyl (C=O) groups is 1. The number of aromatic nitrogens is 2. The molecule has 0 bridgehead atoms. The highest BCUT2D eigenvalue weighted by molar-refractivity contribution is 7.98. The van der Waals surface area contributed by atoms with E-state index in [0.717, 1.165) is 12.2 Å². The zero-order chi connectivity index (χ0) is 12.7. The van der Waals surface area contributed by atoms with Crippen LogP contribution in [0.25, 0.3) is 0 Å². The van der Waals surface area contributed by atoms with Gasteiger partial charge >= 0.3 is 0 Å².